The largest absolute Gasteiger partial charge is 0.467 e. The number of nitrogens with one attached hydrogen (secondary N) is 1. The molecule has 1 amide bonds. The predicted octanol–water partition coefficient (Wildman–Crippen LogP) is 2.89. The fourth-order valence-corrected chi connectivity index (χ4v) is 2.64. The van der Waals surface area contributed by atoms with E-state index in [1.54, 1.807) is 36.4 Å². The molecule has 2 aromatic carbocycles. The van der Waals surface area contributed by atoms with Crippen molar-refractivity contribution in [2.24, 2.45) is 0 Å². The second-order valence-electron chi connectivity index (χ2n) is 5.73. The zero-order valence-corrected chi connectivity index (χ0v) is 14.1. The number of aromatic nitrogens is 1. The van der Waals surface area contributed by atoms with Crippen LogP contribution >= 0.6 is 0 Å². The average Bonchev–Trinajstić information content (AvgIpc) is 2.68. The molecule has 1 atom stereocenters. The quantitative estimate of drug-likeness (QED) is 0.717. The van der Waals surface area contributed by atoms with E-state index in [4.69, 9.17) is 4.74 Å². The lowest BCUT2D eigenvalue weighted by molar-refractivity contribution is -0.142. The first-order valence-electron chi connectivity index (χ1n) is 8.06. The predicted molar refractivity (Wildman–Crippen MR) is 95.1 cm³/mol. The van der Waals surface area contributed by atoms with Crippen molar-refractivity contribution < 1.29 is 18.7 Å². The Morgan fingerprint density at radius 2 is 1.81 bits per heavy atom. The number of amides is 1. The summed E-state index contributed by atoms with van der Waals surface area (Å²) in [6.07, 6.45) is -0.0152. The van der Waals surface area contributed by atoms with Crippen LogP contribution in [0.1, 0.15) is 16.1 Å². The molecular weight excluding hydrogens is 335 g/mol. The molecule has 6 heteroatoms. The summed E-state index contributed by atoms with van der Waals surface area (Å²) >= 11 is 0. The summed E-state index contributed by atoms with van der Waals surface area (Å²) in [4.78, 5) is 28.8. The van der Waals surface area contributed by atoms with E-state index in [1.165, 1.54) is 13.2 Å². The third-order valence-corrected chi connectivity index (χ3v) is 4.00. The van der Waals surface area contributed by atoms with Crippen molar-refractivity contribution in [3.63, 3.8) is 0 Å². The van der Waals surface area contributed by atoms with Crippen molar-refractivity contribution >= 4 is 22.8 Å². The van der Waals surface area contributed by atoms with Gasteiger partial charge in [-0.25, -0.2) is 14.2 Å². The van der Waals surface area contributed by atoms with E-state index in [1.807, 2.05) is 18.2 Å². The minimum Gasteiger partial charge on any atom is -0.467 e. The van der Waals surface area contributed by atoms with E-state index in [9.17, 15) is 14.0 Å². The molecule has 3 aromatic rings. The zero-order valence-electron chi connectivity index (χ0n) is 14.1. The van der Waals surface area contributed by atoms with Gasteiger partial charge in [0, 0.05) is 11.8 Å². The Labute approximate surface area is 149 Å². The van der Waals surface area contributed by atoms with Gasteiger partial charge >= 0.3 is 5.97 Å². The summed E-state index contributed by atoms with van der Waals surface area (Å²) in [6, 6.07) is 15.8. The minimum atomic E-state index is -1.02. The monoisotopic (exact) mass is 352 g/mol. The van der Waals surface area contributed by atoms with Gasteiger partial charge in [0.15, 0.2) is 0 Å². The third kappa shape index (κ3) is 3.85. The van der Waals surface area contributed by atoms with Gasteiger partial charge in [0.05, 0.1) is 12.6 Å². The highest BCUT2D eigenvalue weighted by Gasteiger charge is 2.24. The molecule has 0 radical (unpaired) electrons. The summed E-state index contributed by atoms with van der Waals surface area (Å²) < 4.78 is 18.6. The molecule has 1 N–H and O–H groups in total. The topological polar surface area (TPSA) is 68.3 Å². The van der Waals surface area contributed by atoms with Crippen molar-refractivity contribution in [2.75, 3.05) is 7.11 Å². The standard InChI is InChI=1S/C20H17FN2O3/c1-26-20(25)18(12-14-7-2-4-8-15(14)21)23-19(24)17-11-10-13-6-3-5-9-16(13)22-17/h2-11,18H,12H2,1H3,(H,23,24)/t18-/m1/s1. The van der Waals surface area contributed by atoms with Crippen LogP contribution in [-0.4, -0.2) is 30.0 Å². The number of para-hydroxylation sites is 1. The van der Waals surface area contributed by atoms with Crippen LogP contribution in [0.3, 0.4) is 0 Å². The van der Waals surface area contributed by atoms with Crippen molar-refractivity contribution in [3.8, 4) is 0 Å². The van der Waals surface area contributed by atoms with Crippen LogP contribution in [0.4, 0.5) is 4.39 Å². The van der Waals surface area contributed by atoms with E-state index in [2.05, 4.69) is 10.3 Å². The van der Waals surface area contributed by atoms with Crippen LogP contribution in [0.2, 0.25) is 0 Å². The highest BCUT2D eigenvalue weighted by molar-refractivity contribution is 5.97. The number of ether oxygens (including phenoxy) is 1. The van der Waals surface area contributed by atoms with Crippen LogP contribution in [-0.2, 0) is 16.0 Å². The number of carbonyl (C=O) groups excluding carboxylic acids is 2. The average molecular weight is 352 g/mol. The second-order valence-corrected chi connectivity index (χ2v) is 5.73. The third-order valence-electron chi connectivity index (χ3n) is 4.00. The number of halogens is 1. The summed E-state index contributed by atoms with van der Waals surface area (Å²) in [5, 5.41) is 3.48. The maximum atomic E-state index is 13.9. The molecule has 1 heterocycles. The Morgan fingerprint density at radius 1 is 1.08 bits per heavy atom. The van der Waals surface area contributed by atoms with Crippen LogP contribution in [0, 0.1) is 5.82 Å². The first-order valence-corrected chi connectivity index (χ1v) is 8.06. The number of nitrogens with zero attached hydrogens (tertiary/aromatic N) is 1. The summed E-state index contributed by atoms with van der Waals surface area (Å²) in [5.41, 5.74) is 1.16. The van der Waals surface area contributed by atoms with Gasteiger partial charge in [0.2, 0.25) is 0 Å². The van der Waals surface area contributed by atoms with Crippen molar-refractivity contribution in [1.29, 1.82) is 0 Å². The molecule has 0 aliphatic carbocycles. The Bertz CT molecular complexity index is 958. The van der Waals surface area contributed by atoms with Crippen molar-refractivity contribution in [1.82, 2.24) is 10.3 Å². The lowest BCUT2D eigenvalue weighted by atomic mass is 10.1. The molecule has 0 saturated heterocycles. The molecule has 0 bridgehead atoms. The van der Waals surface area contributed by atoms with Crippen LogP contribution < -0.4 is 5.32 Å². The normalized spacial score (nSPS) is 11.8. The van der Waals surface area contributed by atoms with E-state index in [-0.39, 0.29) is 12.1 Å². The lowest BCUT2D eigenvalue weighted by Gasteiger charge is -2.17. The SMILES string of the molecule is COC(=O)[C@@H](Cc1ccccc1F)NC(=O)c1ccc2ccccc2n1. The summed E-state index contributed by atoms with van der Waals surface area (Å²) in [5.74, 6) is -1.62. The number of benzene rings is 2. The van der Waals surface area contributed by atoms with Gasteiger partial charge in [-0.05, 0) is 23.8 Å². The number of pyridine rings is 1. The van der Waals surface area contributed by atoms with Gasteiger partial charge in [-0.1, -0.05) is 42.5 Å². The van der Waals surface area contributed by atoms with Gasteiger partial charge in [-0.3, -0.25) is 4.79 Å². The van der Waals surface area contributed by atoms with Gasteiger partial charge in [0.1, 0.15) is 17.6 Å². The molecule has 1 aromatic heterocycles. The molecule has 3 rings (SSSR count). The highest BCUT2D eigenvalue weighted by Crippen LogP contribution is 2.13. The Hall–Kier alpha value is -3.28. The van der Waals surface area contributed by atoms with Crippen LogP contribution in [0.5, 0.6) is 0 Å². The number of rotatable bonds is 5. The molecular formula is C20H17FN2O3. The summed E-state index contributed by atoms with van der Waals surface area (Å²) in [7, 11) is 1.22. The van der Waals surface area contributed by atoms with E-state index in [0.29, 0.717) is 11.1 Å². The molecule has 132 valence electrons. The number of esters is 1. The Balaban J connectivity index is 1.82. The van der Waals surface area contributed by atoms with E-state index >= 15 is 0 Å². The van der Waals surface area contributed by atoms with Gasteiger partial charge in [-0.15, -0.1) is 0 Å². The van der Waals surface area contributed by atoms with Crippen LogP contribution in [0.15, 0.2) is 60.7 Å². The second kappa shape index (κ2) is 7.74. The lowest BCUT2D eigenvalue weighted by Crippen LogP contribution is -2.43. The smallest absolute Gasteiger partial charge is 0.328 e. The number of hydrogen-bond donors (Lipinski definition) is 1. The maximum absolute atomic E-state index is 13.9. The molecule has 0 unspecified atom stereocenters. The Morgan fingerprint density at radius 3 is 2.58 bits per heavy atom. The number of carbonyl (C=O) groups is 2. The van der Waals surface area contributed by atoms with E-state index < -0.39 is 23.7 Å². The number of hydrogen-bond acceptors (Lipinski definition) is 4. The molecule has 5 nitrogen and oxygen atoms in total. The molecule has 26 heavy (non-hydrogen) atoms. The van der Waals surface area contributed by atoms with Gasteiger partial charge in [0.25, 0.3) is 5.91 Å². The summed E-state index contributed by atoms with van der Waals surface area (Å²) in [6.45, 7) is 0. The molecule has 0 fully saturated rings. The fraction of sp³-hybridized carbons (Fsp3) is 0.150. The molecule has 0 spiro atoms. The van der Waals surface area contributed by atoms with Crippen molar-refractivity contribution in [3.05, 3.63) is 77.7 Å². The maximum Gasteiger partial charge on any atom is 0.328 e. The molecule has 0 saturated carbocycles. The Kier molecular flexibility index (Phi) is 5.22. The van der Waals surface area contributed by atoms with E-state index in [0.717, 1.165) is 5.39 Å². The minimum absolute atomic E-state index is 0.0152. The van der Waals surface area contributed by atoms with Crippen LogP contribution in [0.25, 0.3) is 10.9 Å². The molecule has 0 aliphatic rings. The highest BCUT2D eigenvalue weighted by atomic mass is 19.1. The first-order chi connectivity index (χ1) is 12.6. The molecule has 0 aliphatic heterocycles. The number of fused-ring (bicyclic) bond motifs is 1. The fourth-order valence-electron chi connectivity index (χ4n) is 2.64. The zero-order chi connectivity index (χ0) is 18.5. The van der Waals surface area contributed by atoms with Gasteiger partial charge in [-0.2, -0.15) is 0 Å². The number of methoxy groups -OCH3 is 1. The first kappa shape index (κ1) is 17.5. The van der Waals surface area contributed by atoms with Crippen molar-refractivity contribution in [2.45, 2.75) is 12.5 Å². The van der Waals surface area contributed by atoms with Gasteiger partial charge < -0.3 is 10.1 Å².